The van der Waals surface area contributed by atoms with Gasteiger partial charge in [0.15, 0.2) is 0 Å². The monoisotopic (exact) mass is 328 g/mol. The molecule has 4 aromatic carbocycles. The van der Waals surface area contributed by atoms with Gasteiger partial charge in [-0.2, -0.15) is 0 Å². The molecule has 0 aliphatic carbocycles. The van der Waals surface area contributed by atoms with Gasteiger partial charge < -0.3 is 4.42 Å². The van der Waals surface area contributed by atoms with Gasteiger partial charge in [0.05, 0.1) is 0 Å². The quantitative estimate of drug-likeness (QED) is 0.321. The van der Waals surface area contributed by atoms with Crippen molar-refractivity contribution >= 4 is 44.3 Å². The molecule has 0 fully saturated rings. The Hall–Kier alpha value is -2.77. The van der Waals surface area contributed by atoms with Crippen molar-refractivity contribution in [2.75, 3.05) is 0 Å². The second-order valence-corrected chi connectivity index (χ2v) is 6.39. The molecule has 1 aromatic heterocycles. The average Bonchev–Trinajstić information content (AvgIpc) is 3.00. The predicted molar refractivity (Wildman–Crippen MR) is 102 cm³/mol. The Labute approximate surface area is 144 Å². The Bertz CT molecular complexity index is 1200. The van der Waals surface area contributed by atoms with E-state index in [1.165, 1.54) is 16.5 Å². The summed E-state index contributed by atoms with van der Waals surface area (Å²) in [5, 5.41) is 5.20. The fourth-order valence-electron chi connectivity index (χ4n) is 3.43. The molecule has 0 aliphatic rings. The van der Waals surface area contributed by atoms with Crippen LogP contribution in [0.1, 0.15) is 0 Å². The van der Waals surface area contributed by atoms with Crippen molar-refractivity contribution in [1.82, 2.24) is 0 Å². The summed E-state index contributed by atoms with van der Waals surface area (Å²) < 4.78 is 6.15. The molecule has 1 nitrogen and oxygen atoms in total. The van der Waals surface area contributed by atoms with Gasteiger partial charge in [0.1, 0.15) is 11.2 Å². The van der Waals surface area contributed by atoms with E-state index in [9.17, 15) is 0 Å². The summed E-state index contributed by atoms with van der Waals surface area (Å²) >= 11 is 6.21. The molecular weight excluding hydrogens is 316 g/mol. The van der Waals surface area contributed by atoms with Crippen molar-refractivity contribution in [3.05, 3.63) is 83.9 Å². The Balaban J connectivity index is 2.01. The van der Waals surface area contributed by atoms with E-state index in [1.807, 2.05) is 24.3 Å². The number of fused-ring (bicyclic) bond motifs is 5. The first-order valence-corrected chi connectivity index (χ1v) is 8.28. The van der Waals surface area contributed by atoms with E-state index in [0.29, 0.717) is 0 Å². The molecule has 0 saturated carbocycles. The number of hydrogen-bond donors (Lipinski definition) is 0. The van der Waals surface area contributed by atoms with Gasteiger partial charge in [-0.1, -0.05) is 66.2 Å². The minimum Gasteiger partial charge on any atom is -0.455 e. The van der Waals surface area contributed by atoms with Crippen LogP contribution in [0.25, 0.3) is 43.8 Å². The first-order chi connectivity index (χ1) is 11.8. The minimum atomic E-state index is 0.722. The largest absolute Gasteiger partial charge is 0.455 e. The molecule has 0 saturated heterocycles. The highest BCUT2D eigenvalue weighted by atomic mass is 35.5. The lowest BCUT2D eigenvalue weighted by Crippen LogP contribution is -1.82. The lowest BCUT2D eigenvalue weighted by molar-refractivity contribution is 0.672. The van der Waals surface area contributed by atoms with E-state index >= 15 is 0 Å². The second kappa shape index (κ2) is 5.12. The van der Waals surface area contributed by atoms with Crippen LogP contribution in [0.3, 0.4) is 0 Å². The number of hydrogen-bond acceptors (Lipinski definition) is 1. The third-order valence-electron chi connectivity index (χ3n) is 4.52. The lowest BCUT2D eigenvalue weighted by atomic mass is 9.95. The van der Waals surface area contributed by atoms with Crippen molar-refractivity contribution in [2.24, 2.45) is 0 Å². The van der Waals surface area contributed by atoms with Crippen LogP contribution in [0, 0.1) is 0 Å². The highest BCUT2D eigenvalue weighted by Crippen LogP contribution is 2.40. The van der Waals surface area contributed by atoms with Gasteiger partial charge in [0.2, 0.25) is 0 Å². The Kier molecular flexibility index (Phi) is 2.91. The van der Waals surface area contributed by atoms with Gasteiger partial charge in [-0.15, -0.1) is 0 Å². The van der Waals surface area contributed by atoms with E-state index in [1.54, 1.807) is 0 Å². The van der Waals surface area contributed by atoms with Crippen LogP contribution in [0.15, 0.2) is 83.3 Å². The third kappa shape index (κ3) is 1.95. The van der Waals surface area contributed by atoms with Crippen LogP contribution in [0.5, 0.6) is 0 Å². The van der Waals surface area contributed by atoms with Gasteiger partial charge in [-0.3, -0.25) is 0 Å². The molecule has 24 heavy (non-hydrogen) atoms. The van der Waals surface area contributed by atoms with Crippen LogP contribution in [-0.4, -0.2) is 0 Å². The van der Waals surface area contributed by atoms with Crippen molar-refractivity contribution in [3.8, 4) is 11.1 Å². The first-order valence-electron chi connectivity index (χ1n) is 7.90. The molecule has 0 amide bonds. The highest BCUT2D eigenvalue weighted by molar-refractivity contribution is 6.32. The minimum absolute atomic E-state index is 0.722. The van der Waals surface area contributed by atoms with Crippen LogP contribution in [0.2, 0.25) is 5.02 Å². The molecule has 1 heterocycles. The van der Waals surface area contributed by atoms with E-state index < -0.39 is 0 Å². The van der Waals surface area contributed by atoms with Crippen molar-refractivity contribution in [3.63, 3.8) is 0 Å². The summed E-state index contributed by atoms with van der Waals surface area (Å²) in [6, 6.07) is 26.9. The summed E-state index contributed by atoms with van der Waals surface area (Å²) in [7, 11) is 0. The Morgan fingerprint density at radius 2 is 1.38 bits per heavy atom. The topological polar surface area (TPSA) is 13.1 Å². The molecule has 0 unspecified atom stereocenters. The van der Waals surface area contributed by atoms with Crippen molar-refractivity contribution in [2.45, 2.75) is 0 Å². The molecule has 0 N–H and O–H groups in total. The number of rotatable bonds is 1. The molecular formula is C22H13ClO. The standard InChI is InChI=1S/C22H13ClO/c23-15-10-11-21-19(12-15)20-13-18(14-6-2-1-3-7-14)16-8-4-5-9-17(16)22(20)24-21/h1-13H. The average molecular weight is 329 g/mol. The van der Waals surface area contributed by atoms with Gasteiger partial charge in [-0.25, -0.2) is 0 Å². The fraction of sp³-hybridized carbons (Fsp3) is 0. The zero-order valence-electron chi connectivity index (χ0n) is 12.8. The molecule has 0 radical (unpaired) electrons. The normalized spacial score (nSPS) is 11.5. The highest BCUT2D eigenvalue weighted by Gasteiger charge is 2.14. The zero-order valence-corrected chi connectivity index (χ0v) is 13.5. The number of furan rings is 1. The molecule has 2 heteroatoms. The SMILES string of the molecule is Clc1ccc2oc3c4ccccc4c(-c4ccccc4)cc3c2c1. The van der Waals surface area contributed by atoms with Gasteiger partial charge in [0, 0.05) is 21.2 Å². The summed E-state index contributed by atoms with van der Waals surface area (Å²) in [4.78, 5) is 0. The van der Waals surface area contributed by atoms with Gasteiger partial charge >= 0.3 is 0 Å². The first kappa shape index (κ1) is 13.6. The number of halogens is 1. The maximum atomic E-state index is 6.21. The molecule has 0 aliphatic heterocycles. The van der Waals surface area contributed by atoms with E-state index in [4.69, 9.17) is 16.0 Å². The maximum absolute atomic E-state index is 6.21. The number of benzene rings is 4. The third-order valence-corrected chi connectivity index (χ3v) is 4.76. The fourth-order valence-corrected chi connectivity index (χ4v) is 3.60. The Morgan fingerprint density at radius 3 is 2.21 bits per heavy atom. The van der Waals surface area contributed by atoms with Crippen LogP contribution >= 0.6 is 11.6 Å². The predicted octanol–water partition coefficient (Wildman–Crippen LogP) is 7.06. The van der Waals surface area contributed by atoms with Crippen molar-refractivity contribution < 1.29 is 4.42 Å². The molecule has 0 atom stereocenters. The van der Waals surface area contributed by atoms with E-state index in [2.05, 4.69) is 54.6 Å². The summed E-state index contributed by atoms with van der Waals surface area (Å²) in [6.45, 7) is 0. The smallest absolute Gasteiger partial charge is 0.143 e. The van der Waals surface area contributed by atoms with Crippen LogP contribution < -0.4 is 0 Å². The molecule has 0 bridgehead atoms. The summed E-state index contributed by atoms with van der Waals surface area (Å²) in [5.74, 6) is 0. The molecule has 0 spiro atoms. The van der Waals surface area contributed by atoms with E-state index in [-0.39, 0.29) is 0 Å². The van der Waals surface area contributed by atoms with E-state index in [0.717, 1.165) is 32.3 Å². The molecule has 114 valence electrons. The zero-order chi connectivity index (χ0) is 16.1. The van der Waals surface area contributed by atoms with Crippen LogP contribution in [0.4, 0.5) is 0 Å². The van der Waals surface area contributed by atoms with Crippen molar-refractivity contribution in [1.29, 1.82) is 0 Å². The lowest BCUT2D eigenvalue weighted by Gasteiger charge is -2.08. The summed E-state index contributed by atoms with van der Waals surface area (Å²) in [6.07, 6.45) is 0. The molecule has 5 aromatic rings. The maximum Gasteiger partial charge on any atom is 0.143 e. The van der Waals surface area contributed by atoms with Crippen LogP contribution in [-0.2, 0) is 0 Å². The summed E-state index contributed by atoms with van der Waals surface area (Å²) in [5.41, 5.74) is 4.20. The van der Waals surface area contributed by atoms with Gasteiger partial charge in [-0.05, 0) is 40.8 Å². The van der Waals surface area contributed by atoms with Gasteiger partial charge in [0.25, 0.3) is 0 Å². The molecule has 5 rings (SSSR count). The Morgan fingerprint density at radius 1 is 0.625 bits per heavy atom. The second-order valence-electron chi connectivity index (χ2n) is 5.95.